The number of carbonyl (C=O) groups excluding carboxylic acids is 1. The van der Waals surface area contributed by atoms with Crippen LogP contribution < -0.4 is 10.1 Å². The first-order valence-corrected chi connectivity index (χ1v) is 6.14. The molecule has 1 atom stereocenters. The molecular weight excluding hydrogens is 228 g/mol. The van der Waals surface area contributed by atoms with Gasteiger partial charge in [-0.05, 0) is 31.7 Å². The highest BCUT2D eigenvalue weighted by molar-refractivity contribution is 5.75. The molecule has 100 valence electrons. The minimum Gasteiger partial charge on any atom is -0.493 e. The molecule has 4 nitrogen and oxygen atoms in total. The zero-order chi connectivity index (χ0) is 13.5. The maximum absolute atomic E-state index is 11.4. The van der Waals surface area contributed by atoms with E-state index < -0.39 is 0 Å². The Morgan fingerprint density at radius 3 is 2.44 bits per heavy atom. The summed E-state index contributed by atoms with van der Waals surface area (Å²) in [5.41, 5.74) is 1.22. The largest absolute Gasteiger partial charge is 0.493 e. The van der Waals surface area contributed by atoms with E-state index in [0.717, 1.165) is 5.75 Å². The average molecular weight is 250 g/mol. The quantitative estimate of drug-likeness (QED) is 0.837. The first-order chi connectivity index (χ1) is 8.54. The maximum Gasteiger partial charge on any atom is 0.225 e. The fraction of sp³-hybridized carbons (Fsp3) is 0.500. The van der Waals surface area contributed by atoms with Crippen LogP contribution in [0.4, 0.5) is 0 Å². The van der Waals surface area contributed by atoms with Gasteiger partial charge < -0.3 is 15.0 Å². The minimum atomic E-state index is 0.0791. The summed E-state index contributed by atoms with van der Waals surface area (Å²) in [6.07, 6.45) is 0.404. The van der Waals surface area contributed by atoms with E-state index in [1.807, 2.05) is 31.3 Å². The lowest BCUT2D eigenvalue weighted by molar-refractivity contribution is -0.129. The summed E-state index contributed by atoms with van der Waals surface area (Å²) in [4.78, 5) is 12.9. The molecule has 0 aliphatic carbocycles. The molecule has 4 heteroatoms. The van der Waals surface area contributed by atoms with Crippen molar-refractivity contribution in [2.24, 2.45) is 0 Å². The summed E-state index contributed by atoms with van der Waals surface area (Å²) in [5, 5.41) is 3.18. The number of rotatable bonds is 6. The highest BCUT2D eigenvalue weighted by Crippen LogP contribution is 2.17. The smallest absolute Gasteiger partial charge is 0.225 e. The summed E-state index contributed by atoms with van der Waals surface area (Å²) in [5.74, 6) is 0.879. The predicted octanol–water partition coefficient (Wildman–Crippen LogP) is 1.82. The fourth-order valence-electron chi connectivity index (χ4n) is 1.50. The van der Waals surface area contributed by atoms with Crippen molar-refractivity contribution >= 4 is 5.91 Å². The maximum atomic E-state index is 11.4. The summed E-state index contributed by atoms with van der Waals surface area (Å²) in [7, 11) is 5.43. The Morgan fingerprint density at radius 2 is 1.94 bits per heavy atom. The van der Waals surface area contributed by atoms with Gasteiger partial charge in [-0.1, -0.05) is 12.1 Å². The zero-order valence-corrected chi connectivity index (χ0v) is 11.6. The van der Waals surface area contributed by atoms with Crippen LogP contribution in [0.5, 0.6) is 5.75 Å². The molecule has 0 aliphatic rings. The molecule has 18 heavy (non-hydrogen) atoms. The van der Waals surface area contributed by atoms with Crippen molar-refractivity contribution in [1.29, 1.82) is 0 Å². The molecule has 0 saturated carbocycles. The van der Waals surface area contributed by atoms with E-state index in [1.165, 1.54) is 5.56 Å². The molecule has 1 amide bonds. The molecule has 0 radical (unpaired) electrons. The van der Waals surface area contributed by atoms with E-state index in [0.29, 0.717) is 19.1 Å². The van der Waals surface area contributed by atoms with Gasteiger partial charge in [0.05, 0.1) is 13.0 Å². The van der Waals surface area contributed by atoms with E-state index in [2.05, 4.69) is 12.2 Å². The van der Waals surface area contributed by atoms with Crippen LogP contribution in [-0.2, 0) is 4.79 Å². The second-order valence-corrected chi connectivity index (χ2v) is 4.47. The van der Waals surface area contributed by atoms with E-state index in [9.17, 15) is 4.79 Å². The third kappa shape index (κ3) is 4.37. The predicted molar refractivity (Wildman–Crippen MR) is 72.7 cm³/mol. The van der Waals surface area contributed by atoms with Gasteiger partial charge in [-0.25, -0.2) is 0 Å². The van der Waals surface area contributed by atoms with Crippen molar-refractivity contribution in [2.75, 3.05) is 27.7 Å². The van der Waals surface area contributed by atoms with Crippen LogP contribution in [0.1, 0.15) is 24.9 Å². The number of hydrogen-bond acceptors (Lipinski definition) is 3. The lowest BCUT2D eigenvalue weighted by Crippen LogP contribution is -2.23. The molecule has 1 N–H and O–H groups in total. The van der Waals surface area contributed by atoms with E-state index in [4.69, 9.17) is 4.74 Å². The molecule has 0 fully saturated rings. The zero-order valence-electron chi connectivity index (χ0n) is 11.6. The summed E-state index contributed by atoms with van der Waals surface area (Å²) in [6, 6.07) is 8.26. The molecule has 0 saturated heterocycles. The van der Waals surface area contributed by atoms with Crippen molar-refractivity contribution in [3.63, 3.8) is 0 Å². The van der Waals surface area contributed by atoms with Crippen molar-refractivity contribution in [2.45, 2.75) is 19.4 Å². The van der Waals surface area contributed by atoms with Crippen LogP contribution in [0.25, 0.3) is 0 Å². The van der Waals surface area contributed by atoms with Crippen LogP contribution in [0.3, 0.4) is 0 Å². The second-order valence-electron chi connectivity index (χ2n) is 4.47. The molecule has 0 bridgehead atoms. The van der Waals surface area contributed by atoms with E-state index >= 15 is 0 Å². The topological polar surface area (TPSA) is 41.6 Å². The Morgan fingerprint density at radius 1 is 1.33 bits per heavy atom. The van der Waals surface area contributed by atoms with Gasteiger partial charge in [-0.2, -0.15) is 0 Å². The molecule has 0 spiro atoms. The van der Waals surface area contributed by atoms with Crippen molar-refractivity contribution in [3.05, 3.63) is 29.8 Å². The Kier molecular flexibility index (Phi) is 5.65. The van der Waals surface area contributed by atoms with Gasteiger partial charge in [0.25, 0.3) is 0 Å². The SMILES string of the molecule is CNC(C)c1ccc(OCCC(=O)N(C)C)cc1. The average Bonchev–Trinajstić information content (AvgIpc) is 2.38. The number of benzene rings is 1. The molecule has 0 aromatic heterocycles. The molecule has 1 rings (SSSR count). The number of carbonyl (C=O) groups is 1. The highest BCUT2D eigenvalue weighted by atomic mass is 16.5. The molecular formula is C14H22N2O2. The summed E-state index contributed by atoms with van der Waals surface area (Å²) in [6.45, 7) is 2.52. The van der Waals surface area contributed by atoms with Gasteiger partial charge in [0.2, 0.25) is 5.91 Å². The van der Waals surface area contributed by atoms with E-state index in [1.54, 1.807) is 19.0 Å². The number of nitrogens with one attached hydrogen (secondary N) is 1. The lowest BCUT2D eigenvalue weighted by atomic mass is 10.1. The molecule has 0 heterocycles. The Labute approximate surface area is 109 Å². The van der Waals surface area contributed by atoms with Crippen LogP contribution in [0.15, 0.2) is 24.3 Å². The first-order valence-electron chi connectivity index (χ1n) is 6.14. The van der Waals surface area contributed by atoms with Crippen LogP contribution in [-0.4, -0.2) is 38.6 Å². The van der Waals surface area contributed by atoms with Gasteiger partial charge in [0.15, 0.2) is 0 Å². The van der Waals surface area contributed by atoms with Gasteiger partial charge >= 0.3 is 0 Å². The highest BCUT2D eigenvalue weighted by Gasteiger charge is 2.05. The second kappa shape index (κ2) is 7.01. The standard InChI is InChI=1S/C14H22N2O2/c1-11(15-2)12-5-7-13(8-6-12)18-10-9-14(17)16(3)4/h5-8,11,15H,9-10H2,1-4H3. The number of nitrogens with zero attached hydrogens (tertiary/aromatic N) is 1. The van der Waals surface area contributed by atoms with Gasteiger partial charge in [-0.15, -0.1) is 0 Å². The molecule has 1 aromatic carbocycles. The number of amides is 1. The van der Waals surface area contributed by atoms with Crippen LogP contribution in [0.2, 0.25) is 0 Å². The number of hydrogen-bond donors (Lipinski definition) is 1. The number of ether oxygens (including phenoxy) is 1. The Hall–Kier alpha value is -1.55. The van der Waals surface area contributed by atoms with Crippen molar-refractivity contribution in [1.82, 2.24) is 10.2 Å². The normalized spacial score (nSPS) is 12.0. The monoisotopic (exact) mass is 250 g/mol. The Bertz CT molecular complexity index is 374. The van der Waals surface area contributed by atoms with Crippen LogP contribution >= 0.6 is 0 Å². The van der Waals surface area contributed by atoms with Gasteiger partial charge in [0, 0.05) is 20.1 Å². The van der Waals surface area contributed by atoms with Gasteiger partial charge in [-0.3, -0.25) is 4.79 Å². The molecule has 0 aliphatic heterocycles. The summed E-state index contributed by atoms with van der Waals surface area (Å²) < 4.78 is 5.53. The van der Waals surface area contributed by atoms with Crippen LogP contribution in [0, 0.1) is 0 Å². The third-order valence-corrected chi connectivity index (χ3v) is 2.90. The molecule has 1 aromatic rings. The third-order valence-electron chi connectivity index (χ3n) is 2.90. The van der Waals surface area contributed by atoms with Crippen molar-refractivity contribution in [3.8, 4) is 5.75 Å². The first kappa shape index (κ1) is 14.5. The van der Waals surface area contributed by atoms with Gasteiger partial charge in [0.1, 0.15) is 5.75 Å². The van der Waals surface area contributed by atoms with Crippen molar-refractivity contribution < 1.29 is 9.53 Å². The molecule has 1 unspecified atom stereocenters. The van der Waals surface area contributed by atoms with E-state index in [-0.39, 0.29) is 5.91 Å². The summed E-state index contributed by atoms with van der Waals surface area (Å²) >= 11 is 0. The fourth-order valence-corrected chi connectivity index (χ4v) is 1.50. The Balaban J connectivity index is 2.42. The minimum absolute atomic E-state index is 0.0791. The lowest BCUT2D eigenvalue weighted by Gasteiger charge is -2.13.